The summed E-state index contributed by atoms with van der Waals surface area (Å²) in [5.41, 5.74) is 0. The van der Waals surface area contributed by atoms with Crippen molar-refractivity contribution in [3.63, 3.8) is 0 Å². The molecule has 0 atom stereocenters. The third kappa shape index (κ3) is 3.63. The van der Waals surface area contributed by atoms with Gasteiger partial charge in [0.1, 0.15) is 17.0 Å². The first-order valence-electron chi connectivity index (χ1n) is 2.26. The minimum absolute atomic E-state index is 0.0775. The number of carbonyl (C=O) groups is 1. The lowest BCUT2D eigenvalue weighted by Gasteiger charge is -1.98. The molecule has 0 fully saturated rings. The van der Waals surface area contributed by atoms with Gasteiger partial charge in [0, 0.05) is 0 Å². The van der Waals surface area contributed by atoms with Gasteiger partial charge in [0.05, 0.1) is 6.61 Å². The van der Waals surface area contributed by atoms with Crippen LogP contribution in [-0.2, 0) is 4.74 Å². The van der Waals surface area contributed by atoms with Gasteiger partial charge in [-0.15, -0.1) is 0 Å². The third-order valence-electron chi connectivity index (χ3n) is 0.529. The van der Waals surface area contributed by atoms with Crippen molar-refractivity contribution in [2.45, 2.75) is 0 Å². The maximum Gasteiger partial charge on any atom is 0.398 e. The zero-order chi connectivity index (χ0) is 6.41. The van der Waals surface area contributed by atoms with Gasteiger partial charge in [-0.05, 0) is 0 Å². The van der Waals surface area contributed by atoms with Crippen LogP contribution in [0.15, 0.2) is 0 Å². The van der Waals surface area contributed by atoms with Crippen LogP contribution in [0, 0.1) is 0 Å². The van der Waals surface area contributed by atoms with E-state index in [1.54, 1.807) is 0 Å². The highest BCUT2D eigenvalue weighted by molar-refractivity contribution is 6.12. The van der Waals surface area contributed by atoms with E-state index in [1.807, 2.05) is 0 Å². The number of nitrogens with one attached hydrogen (secondary N) is 1. The molecule has 0 heterocycles. The highest BCUT2D eigenvalue weighted by atomic mass is 28.2. The monoisotopic (exact) mass is 135 g/mol. The van der Waals surface area contributed by atoms with Crippen LogP contribution in [0.3, 0.4) is 0 Å². The van der Waals surface area contributed by atoms with Gasteiger partial charge in [-0.1, -0.05) is 0 Å². The summed E-state index contributed by atoms with van der Waals surface area (Å²) in [4.78, 5) is 12.5. The van der Waals surface area contributed by atoms with Gasteiger partial charge in [-0.2, -0.15) is 0 Å². The molecule has 2 N–H and O–H groups in total. The lowest BCUT2D eigenvalue weighted by molar-refractivity contribution is 0.124. The van der Waals surface area contributed by atoms with Crippen molar-refractivity contribution in [1.29, 1.82) is 0 Å². The largest absolute Gasteiger partial charge is 0.448 e. The van der Waals surface area contributed by atoms with Crippen molar-refractivity contribution in [1.82, 2.24) is 4.98 Å². The van der Waals surface area contributed by atoms with Gasteiger partial charge in [0.25, 0.3) is 0 Å². The third-order valence-corrected chi connectivity index (χ3v) is 0.937. The quantitative estimate of drug-likeness (QED) is 0.430. The highest BCUT2D eigenvalue weighted by Crippen LogP contribution is 1.71. The molecule has 0 rings (SSSR count). The molecule has 0 aromatic heterocycles. The molecule has 0 bridgehead atoms. The Hall–Kier alpha value is -0.553. The summed E-state index contributed by atoms with van der Waals surface area (Å²) in [6.07, 6.45) is -0.453. The van der Waals surface area contributed by atoms with E-state index in [-0.39, 0.29) is 13.2 Å². The summed E-state index contributed by atoms with van der Waals surface area (Å²) in [5, 5.41) is 8.12. The highest BCUT2D eigenvalue weighted by Gasteiger charge is 1.92. The molecule has 0 unspecified atom stereocenters. The van der Waals surface area contributed by atoms with Crippen LogP contribution in [0.25, 0.3) is 0 Å². The Morgan fingerprint density at radius 1 is 1.88 bits per heavy atom. The summed E-state index contributed by atoms with van der Waals surface area (Å²) in [6, 6.07) is 0. The van der Waals surface area contributed by atoms with Crippen LogP contribution in [-0.4, -0.2) is 34.8 Å². The number of carbonyl (C=O) groups excluding carboxylic acids is 1. The molecule has 8 heavy (non-hydrogen) atoms. The number of aliphatic hydroxyl groups is 1. The number of ether oxygens (including phenoxy) is 1. The van der Waals surface area contributed by atoms with E-state index in [2.05, 4.69) is 9.72 Å². The van der Waals surface area contributed by atoms with Crippen LogP contribution in [0.2, 0.25) is 0 Å². The second kappa shape index (κ2) is 4.60. The zero-order valence-electron chi connectivity index (χ0n) is 4.68. The Morgan fingerprint density at radius 2 is 2.50 bits per heavy atom. The fraction of sp³-hybridized carbons (Fsp3) is 0.667. The molecular formula is C3H9NO3Si. The molecular weight excluding hydrogens is 126 g/mol. The molecule has 0 aliphatic rings. The Balaban J connectivity index is 2.99. The van der Waals surface area contributed by atoms with Crippen molar-refractivity contribution in [2.24, 2.45) is 0 Å². The number of rotatable bonds is 2. The van der Waals surface area contributed by atoms with Gasteiger partial charge in [0.2, 0.25) is 0 Å². The summed E-state index contributed by atoms with van der Waals surface area (Å²) in [6.45, 7) is -0.0386. The molecule has 48 valence electrons. The van der Waals surface area contributed by atoms with Crippen molar-refractivity contribution in [2.75, 3.05) is 13.2 Å². The fourth-order valence-corrected chi connectivity index (χ4v) is 0.355. The van der Waals surface area contributed by atoms with E-state index < -0.39 is 6.09 Å². The first-order valence-corrected chi connectivity index (χ1v) is 3.26. The van der Waals surface area contributed by atoms with E-state index in [0.717, 1.165) is 0 Å². The predicted octanol–water partition coefficient (Wildman–Crippen LogP) is -2.01. The van der Waals surface area contributed by atoms with Crippen LogP contribution in [0.5, 0.6) is 0 Å². The smallest absolute Gasteiger partial charge is 0.398 e. The lowest BCUT2D eigenvalue weighted by Crippen LogP contribution is -2.22. The summed E-state index contributed by atoms with van der Waals surface area (Å²) >= 11 is 0. The van der Waals surface area contributed by atoms with Crippen LogP contribution in [0.1, 0.15) is 0 Å². The molecule has 0 aliphatic heterocycles. The first-order chi connectivity index (χ1) is 3.81. The van der Waals surface area contributed by atoms with Crippen molar-refractivity contribution >= 4 is 16.5 Å². The number of amides is 1. The van der Waals surface area contributed by atoms with Crippen molar-refractivity contribution in [3.05, 3.63) is 0 Å². The Bertz CT molecular complexity index is 76.9. The number of hydrogen-bond donors (Lipinski definition) is 2. The SMILES string of the molecule is O=C(N[SiH3])OCCO. The molecule has 0 aliphatic carbocycles. The van der Waals surface area contributed by atoms with Gasteiger partial charge < -0.3 is 14.8 Å². The van der Waals surface area contributed by atoms with Gasteiger partial charge in [-0.3, -0.25) is 0 Å². The lowest BCUT2D eigenvalue weighted by atomic mass is 10.8. The van der Waals surface area contributed by atoms with Gasteiger partial charge >= 0.3 is 6.09 Å². The topological polar surface area (TPSA) is 58.6 Å². The molecule has 1 amide bonds. The summed E-state index contributed by atoms with van der Waals surface area (Å²) in [7, 11) is 0.583. The second-order valence-electron chi connectivity index (χ2n) is 1.11. The Kier molecular flexibility index (Phi) is 4.28. The Morgan fingerprint density at radius 3 is 2.88 bits per heavy atom. The van der Waals surface area contributed by atoms with Crippen LogP contribution < -0.4 is 4.98 Å². The average molecular weight is 135 g/mol. The van der Waals surface area contributed by atoms with Crippen LogP contribution >= 0.6 is 0 Å². The standard InChI is InChI=1S/C3H9NO3Si/c5-1-2-7-3(6)4-8/h5H,1-2H2,8H3,(H,4,6). The maximum absolute atomic E-state index is 10.2. The van der Waals surface area contributed by atoms with E-state index in [9.17, 15) is 4.79 Å². The average Bonchev–Trinajstić information content (AvgIpc) is 1.83. The number of hydrogen-bond acceptors (Lipinski definition) is 3. The first kappa shape index (κ1) is 7.45. The van der Waals surface area contributed by atoms with Gasteiger partial charge in [0.15, 0.2) is 0 Å². The molecule has 0 spiro atoms. The molecule has 4 nitrogen and oxygen atoms in total. The normalized spacial score (nSPS) is 8.62. The molecule has 0 aromatic carbocycles. The molecule has 0 aromatic rings. The minimum atomic E-state index is -0.453. The van der Waals surface area contributed by atoms with E-state index in [1.165, 1.54) is 0 Å². The molecule has 0 saturated carbocycles. The molecule has 0 saturated heterocycles. The maximum atomic E-state index is 10.2. The minimum Gasteiger partial charge on any atom is -0.448 e. The van der Waals surface area contributed by atoms with Crippen LogP contribution in [0.4, 0.5) is 4.79 Å². The molecule has 5 heteroatoms. The van der Waals surface area contributed by atoms with E-state index in [4.69, 9.17) is 5.11 Å². The fourth-order valence-electron chi connectivity index (χ4n) is 0.211. The van der Waals surface area contributed by atoms with E-state index >= 15 is 0 Å². The summed E-state index contributed by atoms with van der Waals surface area (Å²) in [5.74, 6) is 0. The van der Waals surface area contributed by atoms with Crippen molar-refractivity contribution in [3.8, 4) is 0 Å². The summed E-state index contributed by atoms with van der Waals surface area (Å²) < 4.78 is 4.38. The Labute approximate surface area is 50.3 Å². The number of aliphatic hydroxyl groups excluding tert-OH is 1. The van der Waals surface area contributed by atoms with Gasteiger partial charge in [-0.25, -0.2) is 4.79 Å². The molecule has 0 radical (unpaired) electrons. The zero-order valence-corrected chi connectivity index (χ0v) is 6.68. The predicted molar refractivity (Wildman–Crippen MR) is 31.5 cm³/mol. The van der Waals surface area contributed by atoms with Crippen molar-refractivity contribution < 1.29 is 14.6 Å². The second-order valence-corrected chi connectivity index (χ2v) is 1.61. The van der Waals surface area contributed by atoms with E-state index in [0.29, 0.717) is 10.4 Å².